The molecule has 0 aliphatic carbocycles. The van der Waals surface area contributed by atoms with Crippen molar-refractivity contribution in [3.63, 3.8) is 0 Å². The molecule has 0 spiro atoms. The van der Waals surface area contributed by atoms with Gasteiger partial charge < -0.3 is 19.7 Å². The summed E-state index contributed by atoms with van der Waals surface area (Å²) in [5, 5.41) is 2.86. The predicted molar refractivity (Wildman–Crippen MR) is 116 cm³/mol. The Balaban J connectivity index is 2.16. The third kappa shape index (κ3) is 7.09. The van der Waals surface area contributed by atoms with E-state index in [-0.39, 0.29) is 31.0 Å². The van der Waals surface area contributed by atoms with Gasteiger partial charge in [-0.25, -0.2) is 0 Å². The molecule has 0 saturated heterocycles. The highest BCUT2D eigenvalue weighted by Gasteiger charge is 2.27. The molecule has 156 valence electrons. The van der Waals surface area contributed by atoms with Gasteiger partial charge in [0.2, 0.25) is 5.91 Å². The predicted octanol–water partition coefficient (Wildman–Crippen LogP) is 3.78. The lowest BCUT2D eigenvalue weighted by Gasteiger charge is -2.29. The molecule has 0 bridgehead atoms. The Morgan fingerprint density at radius 3 is 2.38 bits per heavy atom. The van der Waals surface area contributed by atoms with E-state index < -0.39 is 6.04 Å². The Kier molecular flexibility index (Phi) is 8.51. The molecule has 1 unspecified atom stereocenters. The molecule has 0 aliphatic heterocycles. The molecule has 0 aliphatic rings. The van der Waals surface area contributed by atoms with Gasteiger partial charge in [-0.3, -0.25) is 9.59 Å². The van der Waals surface area contributed by atoms with Crippen LogP contribution in [0.2, 0.25) is 0 Å². The molecule has 2 rings (SSSR count). The van der Waals surface area contributed by atoms with Gasteiger partial charge in [-0.05, 0) is 62.7 Å². The van der Waals surface area contributed by atoms with Crippen molar-refractivity contribution in [2.45, 2.75) is 39.4 Å². The Bertz CT molecular complexity index is 824. The summed E-state index contributed by atoms with van der Waals surface area (Å²) in [5.41, 5.74) is 0.866. The van der Waals surface area contributed by atoms with Crippen LogP contribution in [-0.2, 0) is 16.1 Å². The molecule has 2 aromatic carbocycles. The van der Waals surface area contributed by atoms with Crippen molar-refractivity contribution in [3.8, 4) is 11.5 Å². The van der Waals surface area contributed by atoms with Crippen LogP contribution in [0.1, 0.15) is 26.3 Å². The maximum Gasteiger partial charge on any atom is 0.261 e. The minimum atomic E-state index is -0.649. The maximum atomic E-state index is 13.0. The normalized spacial score (nSPS) is 11.7. The van der Waals surface area contributed by atoms with Crippen LogP contribution in [0.15, 0.2) is 53.0 Å². The zero-order valence-electron chi connectivity index (χ0n) is 17.1. The summed E-state index contributed by atoms with van der Waals surface area (Å²) in [7, 11) is 1.59. The van der Waals surface area contributed by atoms with Crippen molar-refractivity contribution in [3.05, 3.63) is 58.6 Å². The Labute approximate surface area is 180 Å². The van der Waals surface area contributed by atoms with Gasteiger partial charge >= 0.3 is 0 Å². The fourth-order valence-corrected chi connectivity index (χ4v) is 2.98. The fourth-order valence-electron chi connectivity index (χ4n) is 2.71. The number of benzene rings is 2. The average Bonchev–Trinajstić information content (AvgIpc) is 2.70. The first kappa shape index (κ1) is 22.7. The quantitative estimate of drug-likeness (QED) is 0.615. The highest BCUT2D eigenvalue weighted by Crippen LogP contribution is 2.18. The van der Waals surface area contributed by atoms with Crippen LogP contribution < -0.4 is 14.8 Å². The van der Waals surface area contributed by atoms with Gasteiger partial charge in [0.15, 0.2) is 6.61 Å². The van der Waals surface area contributed by atoms with Crippen molar-refractivity contribution in [2.24, 2.45) is 0 Å². The SMILES string of the molecule is COc1cccc(CN(C(=O)COc2ccc(Br)cc2)C(C)C(=O)NC(C)C)c1. The third-order valence-corrected chi connectivity index (χ3v) is 4.79. The van der Waals surface area contributed by atoms with E-state index in [1.54, 1.807) is 26.2 Å². The highest BCUT2D eigenvalue weighted by atomic mass is 79.9. The van der Waals surface area contributed by atoms with Crippen molar-refractivity contribution < 1.29 is 19.1 Å². The average molecular weight is 463 g/mol. The molecule has 1 N–H and O–H groups in total. The maximum absolute atomic E-state index is 13.0. The van der Waals surface area contributed by atoms with Gasteiger partial charge in [-0.15, -0.1) is 0 Å². The number of carbonyl (C=O) groups is 2. The summed E-state index contributed by atoms with van der Waals surface area (Å²) in [6, 6.07) is 14.0. The van der Waals surface area contributed by atoms with Crippen LogP contribution in [0.25, 0.3) is 0 Å². The van der Waals surface area contributed by atoms with Crippen LogP contribution in [0, 0.1) is 0 Å². The minimum absolute atomic E-state index is 0.0160. The van der Waals surface area contributed by atoms with Gasteiger partial charge in [-0.1, -0.05) is 28.1 Å². The second kappa shape index (κ2) is 10.9. The van der Waals surface area contributed by atoms with Gasteiger partial charge in [0.25, 0.3) is 5.91 Å². The van der Waals surface area contributed by atoms with E-state index in [2.05, 4.69) is 21.2 Å². The molecule has 6 nitrogen and oxygen atoms in total. The fraction of sp³-hybridized carbons (Fsp3) is 0.364. The van der Waals surface area contributed by atoms with Crippen LogP contribution in [0.3, 0.4) is 0 Å². The Morgan fingerprint density at radius 1 is 1.07 bits per heavy atom. The Morgan fingerprint density at radius 2 is 1.76 bits per heavy atom. The highest BCUT2D eigenvalue weighted by molar-refractivity contribution is 9.10. The summed E-state index contributed by atoms with van der Waals surface area (Å²) in [6.07, 6.45) is 0. The van der Waals surface area contributed by atoms with Crippen molar-refractivity contribution in [1.82, 2.24) is 10.2 Å². The van der Waals surface area contributed by atoms with Gasteiger partial charge in [0.05, 0.1) is 7.11 Å². The molecule has 2 aromatic rings. The zero-order chi connectivity index (χ0) is 21.4. The smallest absolute Gasteiger partial charge is 0.261 e. The number of methoxy groups -OCH3 is 1. The van der Waals surface area contributed by atoms with E-state index in [9.17, 15) is 9.59 Å². The first-order valence-electron chi connectivity index (χ1n) is 9.41. The Hall–Kier alpha value is -2.54. The number of nitrogens with zero attached hydrogens (tertiary/aromatic N) is 1. The lowest BCUT2D eigenvalue weighted by Crippen LogP contribution is -2.50. The van der Waals surface area contributed by atoms with E-state index in [1.165, 1.54) is 4.90 Å². The summed E-state index contributed by atoms with van der Waals surface area (Å²) >= 11 is 3.37. The molecule has 0 fully saturated rings. The van der Waals surface area contributed by atoms with Crippen LogP contribution in [0.5, 0.6) is 11.5 Å². The molecule has 0 aromatic heterocycles. The molecule has 0 radical (unpaired) electrons. The molecular weight excluding hydrogens is 436 g/mol. The van der Waals surface area contributed by atoms with Crippen LogP contribution >= 0.6 is 15.9 Å². The molecule has 1 atom stereocenters. The van der Waals surface area contributed by atoms with Crippen molar-refractivity contribution >= 4 is 27.7 Å². The first-order valence-corrected chi connectivity index (χ1v) is 10.2. The van der Waals surface area contributed by atoms with Gasteiger partial charge in [-0.2, -0.15) is 0 Å². The number of ether oxygens (including phenoxy) is 2. The number of halogens is 1. The summed E-state index contributed by atoms with van der Waals surface area (Å²) < 4.78 is 11.8. The number of hydrogen-bond donors (Lipinski definition) is 1. The zero-order valence-corrected chi connectivity index (χ0v) is 18.7. The number of rotatable bonds is 9. The van der Waals surface area contributed by atoms with E-state index in [0.717, 1.165) is 10.0 Å². The largest absolute Gasteiger partial charge is 0.497 e. The van der Waals surface area contributed by atoms with Crippen molar-refractivity contribution in [1.29, 1.82) is 0 Å². The standard InChI is InChI=1S/C22H27BrN2O4/c1-15(2)24-22(27)16(3)25(13-17-6-5-7-20(12-17)28-4)21(26)14-29-19-10-8-18(23)9-11-19/h5-12,15-16H,13-14H2,1-4H3,(H,24,27). The summed E-state index contributed by atoms with van der Waals surface area (Å²) in [6.45, 7) is 5.59. The molecule has 2 amide bonds. The topological polar surface area (TPSA) is 67.9 Å². The summed E-state index contributed by atoms with van der Waals surface area (Å²) in [4.78, 5) is 27.0. The number of nitrogens with one attached hydrogen (secondary N) is 1. The number of hydrogen-bond acceptors (Lipinski definition) is 4. The lowest BCUT2D eigenvalue weighted by atomic mass is 10.1. The number of carbonyl (C=O) groups excluding carboxylic acids is 2. The molecular formula is C22H27BrN2O4. The second-order valence-electron chi connectivity index (χ2n) is 6.96. The second-order valence-corrected chi connectivity index (χ2v) is 7.87. The monoisotopic (exact) mass is 462 g/mol. The van der Waals surface area contributed by atoms with Crippen LogP contribution in [0.4, 0.5) is 0 Å². The van der Waals surface area contributed by atoms with E-state index >= 15 is 0 Å². The lowest BCUT2D eigenvalue weighted by molar-refractivity contribution is -0.142. The third-order valence-electron chi connectivity index (χ3n) is 4.26. The minimum Gasteiger partial charge on any atom is -0.497 e. The van der Waals surface area contributed by atoms with E-state index in [1.807, 2.05) is 50.2 Å². The van der Waals surface area contributed by atoms with Crippen molar-refractivity contribution in [2.75, 3.05) is 13.7 Å². The summed E-state index contributed by atoms with van der Waals surface area (Å²) in [5.74, 6) is 0.796. The van der Waals surface area contributed by atoms with E-state index in [0.29, 0.717) is 11.5 Å². The van der Waals surface area contributed by atoms with E-state index in [4.69, 9.17) is 9.47 Å². The van der Waals surface area contributed by atoms with Gasteiger partial charge in [0, 0.05) is 17.1 Å². The van der Waals surface area contributed by atoms with Crippen LogP contribution in [-0.4, -0.2) is 42.5 Å². The number of amides is 2. The molecule has 7 heteroatoms. The molecule has 0 heterocycles. The first-order chi connectivity index (χ1) is 13.8. The molecule has 29 heavy (non-hydrogen) atoms. The van der Waals surface area contributed by atoms with Gasteiger partial charge in [0.1, 0.15) is 17.5 Å². The molecule has 0 saturated carbocycles.